The summed E-state index contributed by atoms with van der Waals surface area (Å²) in [5.41, 5.74) is 4.75. The third-order valence-corrected chi connectivity index (χ3v) is 7.31. The molecule has 0 bridgehead atoms. The molecule has 2 aliphatic rings. The van der Waals surface area contributed by atoms with Gasteiger partial charge in [-0.15, -0.1) is 0 Å². The van der Waals surface area contributed by atoms with Crippen LogP contribution in [0, 0.1) is 5.92 Å². The number of rotatable bonds is 6. The van der Waals surface area contributed by atoms with Gasteiger partial charge in [0.05, 0.1) is 18.6 Å². The molecule has 0 fully saturated rings. The Bertz CT molecular complexity index is 1380. The molecule has 37 heavy (non-hydrogen) atoms. The second-order valence-corrected chi connectivity index (χ2v) is 9.81. The average Bonchev–Trinajstić information content (AvgIpc) is 2.92. The molecule has 3 aromatic rings. The van der Waals surface area contributed by atoms with E-state index in [0.29, 0.717) is 35.1 Å². The Morgan fingerprint density at radius 3 is 2.41 bits per heavy atom. The number of hydrogen-bond acceptors (Lipinski definition) is 5. The first kappa shape index (κ1) is 24.8. The van der Waals surface area contributed by atoms with Crippen LogP contribution in [0.25, 0.3) is 0 Å². The molecule has 0 aromatic heterocycles. The van der Waals surface area contributed by atoms with Gasteiger partial charge in [0.2, 0.25) is 0 Å². The van der Waals surface area contributed by atoms with Crippen LogP contribution in [0.5, 0.6) is 5.75 Å². The van der Waals surface area contributed by atoms with E-state index in [1.165, 1.54) is 7.11 Å². The number of benzene rings is 3. The minimum atomic E-state index is -0.553. The summed E-state index contributed by atoms with van der Waals surface area (Å²) in [6.45, 7) is 2.22. The van der Waals surface area contributed by atoms with Gasteiger partial charge in [-0.1, -0.05) is 78.3 Å². The molecule has 6 heteroatoms. The molecule has 188 valence electrons. The molecule has 3 unspecified atom stereocenters. The van der Waals surface area contributed by atoms with Crippen LogP contribution in [0.15, 0.2) is 102 Å². The number of carbonyl (C=O) groups is 2. The number of hydrogen-bond donors (Lipinski definition) is 1. The molecule has 0 radical (unpaired) electrons. The highest BCUT2D eigenvalue weighted by Crippen LogP contribution is 2.48. The number of ketones is 1. The van der Waals surface area contributed by atoms with Crippen molar-refractivity contribution >= 4 is 23.4 Å². The standard InChI is InChI=1S/C31H28ClNO4/c1-19-28(31(35)36-2)29(24-10-6-7-11-27(24)37-18-20-8-4-3-5-9-20)30-25(33-19)16-22(17-26(30)34)21-12-14-23(32)15-13-21/h3-16,22,29-30,33H,17-18H2,1-2H3. The van der Waals surface area contributed by atoms with Gasteiger partial charge < -0.3 is 14.8 Å². The molecule has 1 aliphatic heterocycles. The van der Waals surface area contributed by atoms with Crippen LogP contribution >= 0.6 is 11.6 Å². The number of esters is 1. The molecule has 5 nitrogen and oxygen atoms in total. The summed E-state index contributed by atoms with van der Waals surface area (Å²) in [6, 6.07) is 25.1. The number of ether oxygens (including phenoxy) is 2. The normalized spacial score (nSPS) is 21.0. The van der Waals surface area contributed by atoms with Crippen LogP contribution in [-0.4, -0.2) is 18.9 Å². The first-order chi connectivity index (χ1) is 18.0. The lowest BCUT2D eigenvalue weighted by atomic mass is 9.68. The average molecular weight is 514 g/mol. The van der Waals surface area contributed by atoms with E-state index in [0.717, 1.165) is 22.4 Å². The molecule has 1 heterocycles. The molecule has 1 aliphatic carbocycles. The summed E-state index contributed by atoms with van der Waals surface area (Å²) in [7, 11) is 1.36. The van der Waals surface area contributed by atoms with Crippen molar-refractivity contribution in [1.82, 2.24) is 5.32 Å². The topological polar surface area (TPSA) is 64.6 Å². The van der Waals surface area contributed by atoms with E-state index in [-0.39, 0.29) is 11.7 Å². The zero-order valence-corrected chi connectivity index (χ0v) is 21.5. The third kappa shape index (κ3) is 5.05. The number of fused-ring (bicyclic) bond motifs is 1. The van der Waals surface area contributed by atoms with Crippen LogP contribution in [0.3, 0.4) is 0 Å². The molecule has 3 atom stereocenters. The van der Waals surface area contributed by atoms with E-state index in [2.05, 4.69) is 11.4 Å². The molecule has 0 spiro atoms. The van der Waals surface area contributed by atoms with Gasteiger partial charge in [0.25, 0.3) is 0 Å². The van der Waals surface area contributed by atoms with Crippen LogP contribution in [0.2, 0.25) is 5.02 Å². The number of nitrogens with one attached hydrogen (secondary N) is 1. The number of allylic oxidation sites excluding steroid dienone is 3. The van der Waals surface area contributed by atoms with Crippen molar-refractivity contribution in [2.24, 2.45) is 5.92 Å². The van der Waals surface area contributed by atoms with Crippen molar-refractivity contribution in [1.29, 1.82) is 0 Å². The largest absolute Gasteiger partial charge is 0.489 e. The van der Waals surface area contributed by atoms with Gasteiger partial charge in [-0.05, 0) is 36.2 Å². The van der Waals surface area contributed by atoms with Gasteiger partial charge in [0.1, 0.15) is 18.1 Å². The van der Waals surface area contributed by atoms with E-state index in [1.54, 1.807) is 0 Å². The van der Waals surface area contributed by atoms with Crippen LogP contribution in [0.1, 0.15) is 41.9 Å². The summed E-state index contributed by atoms with van der Waals surface area (Å²) in [5, 5.41) is 4.01. The number of para-hydroxylation sites is 1. The Morgan fingerprint density at radius 2 is 1.68 bits per heavy atom. The van der Waals surface area contributed by atoms with E-state index in [1.807, 2.05) is 85.8 Å². The van der Waals surface area contributed by atoms with Crippen LogP contribution in [-0.2, 0) is 20.9 Å². The summed E-state index contributed by atoms with van der Waals surface area (Å²) in [5.74, 6) is -0.935. The highest BCUT2D eigenvalue weighted by Gasteiger charge is 2.45. The molecule has 3 aromatic carbocycles. The molecule has 5 rings (SSSR count). The lowest BCUT2D eigenvalue weighted by Crippen LogP contribution is -2.42. The van der Waals surface area contributed by atoms with Gasteiger partial charge in [0, 0.05) is 40.2 Å². The summed E-state index contributed by atoms with van der Waals surface area (Å²) < 4.78 is 11.4. The maximum Gasteiger partial charge on any atom is 0.336 e. The first-order valence-corrected chi connectivity index (χ1v) is 12.7. The highest BCUT2D eigenvalue weighted by molar-refractivity contribution is 6.30. The number of carbonyl (C=O) groups excluding carboxylic acids is 2. The molecular weight excluding hydrogens is 486 g/mol. The van der Waals surface area contributed by atoms with Crippen molar-refractivity contribution in [2.45, 2.75) is 31.8 Å². The molecule has 0 amide bonds. The van der Waals surface area contributed by atoms with Crippen molar-refractivity contribution in [3.63, 3.8) is 0 Å². The Labute approximate surface area is 221 Å². The van der Waals surface area contributed by atoms with Gasteiger partial charge in [0.15, 0.2) is 0 Å². The second kappa shape index (κ2) is 10.7. The van der Waals surface area contributed by atoms with Gasteiger partial charge >= 0.3 is 5.97 Å². The minimum absolute atomic E-state index is 0.0571. The van der Waals surface area contributed by atoms with E-state index in [4.69, 9.17) is 21.1 Å². The van der Waals surface area contributed by atoms with E-state index >= 15 is 0 Å². The Hall–Kier alpha value is -3.83. The molecule has 0 saturated heterocycles. The fourth-order valence-electron chi connectivity index (χ4n) is 5.32. The highest BCUT2D eigenvalue weighted by atomic mass is 35.5. The minimum Gasteiger partial charge on any atom is -0.489 e. The zero-order valence-electron chi connectivity index (χ0n) is 20.7. The lowest BCUT2D eigenvalue weighted by Gasteiger charge is -2.39. The molecular formula is C31H28ClNO4. The predicted octanol–water partition coefficient (Wildman–Crippen LogP) is 6.31. The van der Waals surface area contributed by atoms with Gasteiger partial charge in [-0.2, -0.15) is 0 Å². The third-order valence-electron chi connectivity index (χ3n) is 7.06. The zero-order chi connectivity index (χ0) is 25.9. The van der Waals surface area contributed by atoms with Gasteiger partial charge in [-0.25, -0.2) is 4.79 Å². The predicted molar refractivity (Wildman–Crippen MR) is 143 cm³/mol. The summed E-state index contributed by atoms with van der Waals surface area (Å²) in [4.78, 5) is 26.8. The molecule has 1 N–H and O–H groups in total. The van der Waals surface area contributed by atoms with Crippen molar-refractivity contribution in [3.05, 3.63) is 124 Å². The van der Waals surface area contributed by atoms with Crippen LogP contribution in [0.4, 0.5) is 0 Å². The number of halogens is 1. The Morgan fingerprint density at radius 1 is 0.973 bits per heavy atom. The lowest BCUT2D eigenvalue weighted by molar-refractivity contribution is -0.136. The van der Waals surface area contributed by atoms with E-state index in [9.17, 15) is 9.59 Å². The Balaban J connectivity index is 1.57. The second-order valence-electron chi connectivity index (χ2n) is 9.37. The first-order valence-electron chi connectivity index (χ1n) is 12.3. The quantitative estimate of drug-likeness (QED) is 0.391. The molecule has 0 saturated carbocycles. The SMILES string of the molecule is COC(=O)C1=C(C)NC2=CC(c3ccc(Cl)cc3)CC(=O)C2C1c1ccccc1OCc1ccccc1. The van der Waals surface area contributed by atoms with Crippen molar-refractivity contribution in [2.75, 3.05) is 7.11 Å². The fraction of sp³-hybridized carbons (Fsp3) is 0.226. The van der Waals surface area contributed by atoms with Crippen LogP contribution < -0.4 is 10.1 Å². The van der Waals surface area contributed by atoms with Crippen molar-refractivity contribution in [3.8, 4) is 5.75 Å². The monoisotopic (exact) mass is 513 g/mol. The van der Waals surface area contributed by atoms with E-state index < -0.39 is 17.8 Å². The van der Waals surface area contributed by atoms with Crippen molar-refractivity contribution < 1.29 is 19.1 Å². The fourth-order valence-corrected chi connectivity index (χ4v) is 5.44. The van der Waals surface area contributed by atoms with Gasteiger partial charge in [-0.3, -0.25) is 4.79 Å². The maximum absolute atomic E-state index is 13.8. The summed E-state index contributed by atoms with van der Waals surface area (Å²) in [6.07, 6.45) is 2.43. The smallest absolute Gasteiger partial charge is 0.336 e. The Kier molecular flexibility index (Phi) is 7.15. The number of methoxy groups -OCH3 is 1. The maximum atomic E-state index is 13.8. The number of Topliss-reactive ketones (excluding diaryl/α,β-unsaturated/α-hetero) is 1. The summed E-state index contributed by atoms with van der Waals surface area (Å²) >= 11 is 6.08.